The summed E-state index contributed by atoms with van der Waals surface area (Å²) in [5.74, 6) is -0.0490. The predicted molar refractivity (Wildman–Crippen MR) is 47.5 cm³/mol. The Labute approximate surface area is 71.2 Å². The minimum Gasteiger partial charge on any atom is -0.345 e. The van der Waals surface area contributed by atoms with E-state index in [0.717, 1.165) is 0 Å². The van der Waals surface area contributed by atoms with Crippen LogP contribution in [0.1, 0.15) is 0 Å². The van der Waals surface area contributed by atoms with Crippen LogP contribution in [0.3, 0.4) is 0 Å². The van der Waals surface area contributed by atoms with Gasteiger partial charge in [-0.2, -0.15) is 5.10 Å². The standard InChI is InChI=1S/C8H11N3O/c1-11(2)8(12)7-4-3-5-9-10-6-7/h3-6,9H,1-2H3. The molecule has 4 heteroatoms. The molecular formula is C8H11N3O. The zero-order valence-electron chi connectivity index (χ0n) is 7.11. The summed E-state index contributed by atoms with van der Waals surface area (Å²) in [7, 11) is 3.41. The highest BCUT2D eigenvalue weighted by Crippen LogP contribution is 1.98. The van der Waals surface area contributed by atoms with Crippen molar-refractivity contribution in [3.05, 3.63) is 23.9 Å². The average Bonchev–Trinajstić information content (AvgIpc) is 2.30. The van der Waals surface area contributed by atoms with E-state index in [1.54, 1.807) is 32.4 Å². The Morgan fingerprint density at radius 3 is 3.00 bits per heavy atom. The normalized spacial score (nSPS) is 14.7. The lowest BCUT2D eigenvalue weighted by atomic mass is 10.2. The highest BCUT2D eigenvalue weighted by molar-refractivity contribution is 6.12. The minimum absolute atomic E-state index is 0.0490. The van der Waals surface area contributed by atoms with Crippen LogP contribution in [-0.4, -0.2) is 31.1 Å². The van der Waals surface area contributed by atoms with Crippen LogP contribution in [0, 0.1) is 0 Å². The summed E-state index contributed by atoms with van der Waals surface area (Å²) in [4.78, 5) is 12.9. The highest BCUT2D eigenvalue weighted by Gasteiger charge is 2.08. The lowest BCUT2D eigenvalue weighted by Gasteiger charge is -2.08. The number of carbonyl (C=O) groups excluding carboxylic acids is 1. The molecule has 64 valence electrons. The van der Waals surface area contributed by atoms with Crippen LogP contribution in [0.4, 0.5) is 0 Å². The maximum Gasteiger partial charge on any atom is 0.254 e. The van der Waals surface area contributed by atoms with E-state index in [2.05, 4.69) is 10.5 Å². The predicted octanol–water partition coefficient (Wildman–Crippen LogP) is 0.104. The molecule has 1 aliphatic heterocycles. The van der Waals surface area contributed by atoms with E-state index in [1.165, 1.54) is 11.1 Å². The van der Waals surface area contributed by atoms with Crippen molar-refractivity contribution in [1.82, 2.24) is 10.3 Å². The minimum atomic E-state index is -0.0490. The van der Waals surface area contributed by atoms with Gasteiger partial charge in [0.1, 0.15) is 0 Å². The average molecular weight is 165 g/mol. The molecule has 0 aromatic heterocycles. The number of nitrogens with zero attached hydrogens (tertiary/aromatic N) is 2. The van der Waals surface area contributed by atoms with Crippen molar-refractivity contribution in [3.8, 4) is 0 Å². The zero-order chi connectivity index (χ0) is 8.97. The topological polar surface area (TPSA) is 44.7 Å². The fourth-order valence-electron chi connectivity index (χ4n) is 0.772. The van der Waals surface area contributed by atoms with Crippen molar-refractivity contribution < 1.29 is 4.79 Å². The largest absolute Gasteiger partial charge is 0.345 e. The van der Waals surface area contributed by atoms with Crippen LogP contribution < -0.4 is 5.43 Å². The second-order valence-electron chi connectivity index (χ2n) is 2.57. The molecule has 1 N–H and O–H groups in total. The molecule has 0 bridgehead atoms. The van der Waals surface area contributed by atoms with E-state index in [9.17, 15) is 4.79 Å². The Balaban J connectivity index is 2.80. The zero-order valence-corrected chi connectivity index (χ0v) is 7.11. The molecule has 0 spiro atoms. The second kappa shape index (κ2) is 3.71. The first-order chi connectivity index (χ1) is 5.72. The van der Waals surface area contributed by atoms with E-state index >= 15 is 0 Å². The molecule has 0 saturated carbocycles. The summed E-state index contributed by atoms with van der Waals surface area (Å²) in [6, 6.07) is 0. The maximum atomic E-state index is 11.4. The molecule has 0 atom stereocenters. The Morgan fingerprint density at radius 1 is 1.58 bits per heavy atom. The van der Waals surface area contributed by atoms with Gasteiger partial charge in [-0.05, 0) is 12.2 Å². The number of hydrogen-bond donors (Lipinski definition) is 1. The van der Waals surface area contributed by atoms with Gasteiger partial charge in [0.25, 0.3) is 5.91 Å². The molecule has 1 rings (SSSR count). The molecule has 0 aliphatic carbocycles. The summed E-state index contributed by atoms with van der Waals surface area (Å²) in [6.45, 7) is 0. The van der Waals surface area contributed by atoms with Crippen molar-refractivity contribution >= 4 is 12.1 Å². The summed E-state index contributed by atoms with van der Waals surface area (Å²) >= 11 is 0. The number of rotatable bonds is 1. The van der Waals surface area contributed by atoms with E-state index in [-0.39, 0.29) is 5.91 Å². The molecule has 0 saturated heterocycles. The van der Waals surface area contributed by atoms with Gasteiger partial charge >= 0.3 is 0 Å². The number of hydrazone groups is 1. The number of nitrogens with one attached hydrogen (secondary N) is 1. The van der Waals surface area contributed by atoms with Crippen molar-refractivity contribution in [2.24, 2.45) is 5.10 Å². The third kappa shape index (κ3) is 1.95. The van der Waals surface area contributed by atoms with Crippen LogP contribution >= 0.6 is 0 Å². The van der Waals surface area contributed by atoms with E-state index < -0.39 is 0 Å². The van der Waals surface area contributed by atoms with Gasteiger partial charge in [0, 0.05) is 20.3 Å². The van der Waals surface area contributed by atoms with Gasteiger partial charge in [0.05, 0.1) is 11.8 Å². The fourth-order valence-corrected chi connectivity index (χ4v) is 0.772. The SMILES string of the molecule is CN(C)C(=O)C1=CC=CNN=C1. The number of amides is 1. The van der Waals surface area contributed by atoms with Gasteiger partial charge in [0.2, 0.25) is 0 Å². The molecule has 1 amide bonds. The third-order valence-corrected chi connectivity index (χ3v) is 1.38. The van der Waals surface area contributed by atoms with Gasteiger partial charge in [-0.3, -0.25) is 10.2 Å². The number of likely N-dealkylation sites (N-methyl/N-ethyl adjacent to an activating group) is 1. The number of hydrogen-bond acceptors (Lipinski definition) is 3. The van der Waals surface area contributed by atoms with Crippen LogP contribution in [-0.2, 0) is 4.79 Å². The van der Waals surface area contributed by atoms with Crippen LogP contribution in [0.25, 0.3) is 0 Å². The lowest BCUT2D eigenvalue weighted by molar-refractivity contribution is -0.124. The monoisotopic (exact) mass is 165 g/mol. The quantitative estimate of drug-likeness (QED) is 0.599. The van der Waals surface area contributed by atoms with Crippen molar-refractivity contribution in [2.75, 3.05) is 14.1 Å². The van der Waals surface area contributed by atoms with Crippen molar-refractivity contribution in [2.45, 2.75) is 0 Å². The van der Waals surface area contributed by atoms with Crippen molar-refractivity contribution in [1.29, 1.82) is 0 Å². The first-order valence-electron chi connectivity index (χ1n) is 3.59. The highest BCUT2D eigenvalue weighted by atomic mass is 16.2. The lowest BCUT2D eigenvalue weighted by Crippen LogP contribution is -2.24. The molecule has 4 nitrogen and oxygen atoms in total. The van der Waals surface area contributed by atoms with Crippen molar-refractivity contribution in [3.63, 3.8) is 0 Å². The van der Waals surface area contributed by atoms with Gasteiger partial charge in [-0.1, -0.05) is 0 Å². The van der Waals surface area contributed by atoms with Gasteiger partial charge in [-0.25, -0.2) is 0 Å². The molecule has 1 heterocycles. The molecule has 0 aromatic rings. The first-order valence-corrected chi connectivity index (χ1v) is 3.59. The van der Waals surface area contributed by atoms with Gasteiger partial charge < -0.3 is 4.90 Å². The molecule has 0 unspecified atom stereocenters. The molecule has 0 fully saturated rings. The molecule has 0 radical (unpaired) electrons. The smallest absolute Gasteiger partial charge is 0.254 e. The van der Waals surface area contributed by atoms with Crippen LogP contribution in [0.15, 0.2) is 29.0 Å². The number of carbonyl (C=O) groups is 1. The van der Waals surface area contributed by atoms with E-state index in [4.69, 9.17) is 0 Å². The van der Waals surface area contributed by atoms with E-state index in [0.29, 0.717) is 5.57 Å². The van der Waals surface area contributed by atoms with Gasteiger partial charge in [-0.15, -0.1) is 0 Å². The molecular weight excluding hydrogens is 154 g/mol. The van der Waals surface area contributed by atoms with E-state index in [1.807, 2.05) is 0 Å². The Kier molecular flexibility index (Phi) is 2.63. The second-order valence-corrected chi connectivity index (χ2v) is 2.57. The first kappa shape index (κ1) is 8.52. The summed E-state index contributed by atoms with van der Waals surface area (Å²) in [6.07, 6.45) is 6.62. The molecule has 12 heavy (non-hydrogen) atoms. The molecule has 0 aromatic carbocycles. The Morgan fingerprint density at radius 2 is 2.33 bits per heavy atom. The maximum absolute atomic E-state index is 11.4. The Hall–Kier alpha value is -1.58. The fraction of sp³-hybridized carbons (Fsp3) is 0.250. The molecule has 1 aliphatic rings. The summed E-state index contributed by atoms with van der Waals surface area (Å²) < 4.78 is 0. The van der Waals surface area contributed by atoms with Gasteiger partial charge in [0.15, 0.2) is 0 Å². The summed E-state index contributed by atoms with van der Waals surface area (Å²) in [5.41, 5.74) is 3.21. The van der Waals surface area contributed by atoms with Crippen LogP contribution in [0.5, 0.6) is 0 Å². The Bertz CT molecular complexity index is 263. The third-order valence-electron chi connectivity index (χ3n) is 1.38. The summed E-state index contributed by atoms with van der Waals surface area (Å²) in [5, 5.41) is 3.78. The number of allylic oxidation sites excluding steroid dienone is 2. The van der Waals surface area contributed by atoms with Crippen LogP contribution in [0.2, 0.25) is 0 Å².